The third kappa shape index (κ3) is 4.02. The highest BCUT2D eigenvalue weighted by molar-refractivity contribution is 5.80. The Morgan fingerprint density at radius 1 is 1.09 bits per heavy atom. The zero-order valence-corrected chi connectivity index (χ0v) is 18.7. The van der Waals surface area contributed by atoms with Gasteiger partial charge in [-0.3, -0.25) is 19.7 Å². The van der Waals surface area contributed by atoms with E-state index in [0.717, 1.165) is 24.5 Å². The number of ether oxygens (including phenoxy) is 3. The van der Waals surface area contributed by atoms with Gasteiger partial charge >= 0.3 is 0 Å². The number of rotatable bonds is 6. The van der Waals surface area contributed by atoms with E-state index in [1.165, 1.54) is 12.3 Å². The fourth-order valence-electron chi connectivity index (χ4n) is 5.12. The molecule has 6 heterocycles. The highest BCUT2D eigenvalue weighted by atomic mass is 19.1. The number of pyridine rings is 3. The SMILES string of the molecule is O=c1ccc2ncc(F)c3c2n1CC3CN1CCO[C@@H](CNCc2cc3c(cn2)OCCO3)C1. The maximum Gasteiger partial charge on any atom is 0.251 e. The van der Waals surface area contributed by atoms with Gasteiger partial charge in [-0.1, -0.05) is 0 Å². The molecule has 178 valence electrons. The first-order valence-corrected chi connectivity index (χ1v) is 11.6. The summed E-state index contributed by atoms with van der Waals surface area (Å²) >= 11 is 0. The van der Waals surface area contributed by atoms with Crippen molar-refractivity contribution in [1.29, 1.82) is 0 Å². The summed E-state index contributed by atoms with van der Waals surface area (Å²) in [5.74, 6) is 0.981. The summed E-state index contributed by atoms with van der Waals surface area (Å²) in [5, 5.41) is 3.41. The normalized spacial score (nSPS) is 21.8. The van der Waals surface area contributed by atoms with Crippen LogP contribution in [0.15, 0.2) is 35.4 Å². The van der Waals surface area contributed by atoms with Crippen LogP contribution in [0.25, 0.3) is 11.0 Å². The first-order valence-electron chi connectivity index (χ1n) is 11.6. The number of morpholine rings is 1. The minimum atomic E-state index is -0.340. The van der Waals surface area contributed by atoms with E-state index in [9.17, 15) is 9.18 Å². The number of fused-ring (bicyclic) bond motifs is 1. The fraction of sp³-hybridized carbons (Fsp3) is 0.458. The van der Waals surface area contributed by atoms with Crippen molar-refractivity contribution in [1.82, 2.24) is 24.8 Å². The number of hydrogen-bond acceptors (Lipinski definition) is 8. The van der Waals surface area contributed by atoms with Crippen molar-refractivity contribution in [2.75, 3.05) is 46.0 Å². The second-order valence-corrected chi connectivity index (χ2v) is 8.94. The summed E-state index contributed by atoms with van der Waals surface area (Å²) in [5.41, 5.74) is 2.67. The quantitative estimate of drug-likeness (QED) is 0.580. The number of nitrogens with zero attached hydrogens (tertiary/aromatic N) is 4. The topological polar surface area (TPSA) is 90.7 Å². The number of hydrogen-bond donors (Lipinski definition) is 1. The van der Waals surface area contributed by atoms with Gasteiger partial charge in [0.1, 0.15) is 19.0 Å². The van der Waals surface area contributed by atoms with Crippen LogP contribution in [0.5, 0.6) is 11.5 Å². The molecule has 9 nitrogen and oxygen atoms in total. The molecular formula is C24H26FN5O4. The Hall–Kier alpha value is -3.08. The summed E-state index contributed by atoms with van der Waals surface area (Å²) in [4.78, 5) is 23.2. The van der Waals surface area contributed by atoms with E-state index in [2.05, 4.69) is 20.2 Å². The average Bonchev–Trinajstić information content (AvgIpc) is 3.24. The standard InChI is InChI=1S/C24H26FN5O4/c25-18-10-28-19-1-2-22(31)30-13-15(23(18)24(19)30)12-29-3-4-32-17(14-29)9-26-8-16-7-20-21(11-27-16)34-6-5-33-20/h1-2,7,10-11,15,17,26H,3-6,8-9,12-14H2/t15?,17-/m0/s1. The maximum absolute atomic E-state index is 14.7. The van der Waals surface area contributed by atoms with Gasteiger partial charge in [0.05, 0.1) is 41.8 Å². The summed E-state index contributed by atoms with van der Waals surface area (Å²) < 4.78 is 33.5. The van der Waals surface area contributed by atoms with E-state index in [4.69, 9.17) is 14.2 Å². The van der Waals surface area contributed by atoms with Gasteiger partial charge < -0.3 is 24.1 Å². The van der Waals surface area contributed by atoms with Crippen LogP contribution in [0.4, 0.5) is 4.39 Å². The largest absolute Gasteiger partial charge is 0.486 e. The number of aromatic nitrogens is 3. The molecule has 3 aliphatic rings. The molecular weight excluding hydrogens is 441 g/mol. The Morgan fingerprint density at radius 3 is 2.88 bits per heavy atom. The molecule has 0 radical (unpaired) electrons. The summed E-state index contributed by atoms with van der Waals surface area (Å²) in [7, 11) is 0. The van der Waals surface area contributed by atoms with Crippen molar-refractivity contribution in [3.05, 3.63) is 58.0 Å². The van der Waals surface area contributed by atoms with Gasteiger partial charge in [0.2, 0.25) is 0 Å². The molecule has 1 N–H and O–H groups in total. The van der Waals surface area contributed by atoms with Gasteiger partial charge in [0.15, 0.2) is 11.5 Å². The van der Waals surface area contributed by atoms with Gasteiger partial charge in [-0.25, -0.2) is 4.39 Å². The minimum Gasteiger partial charge on any atom is -0.486 e. The van der Waals surface area contributed by atoms with Crippen molar-refractivity contribution >= 4 is 11.0 Å². The summed E-state index contributed by atoms with van der Waals surface area (Å²) in [6.45, 7) is 5.63. The minimum absolute atomic E-state index is 0.0137. The molecule has 0 aromatic carbocycles. The Bertz CT molecular complexity index is 1280. The number of nitrogens with one attached hydrogen (secondary N) is 1. The van der Waals surface area contributed by atoms with Crippen LogP contribution < -0.4 is 20.3 Å². The van der Waals surface area contributed by atoms with E-state index in [1.54, 1.807) is 16.8 Å². The molecule has 0 saturated carbocycles. The van der Waals surface area contributed by atoms with Gasteiger partial charge in [-0.2, -0.15) is 0 Å². The average molecular weight is 468 g/mol. The predicted molar refractivity (Wildman–Crippen MR) is 122 cm³/mol. The van der Waals surface area contributed by atoms with Crippen LogP contribution in [0, 0.1) is 5.82 Å². The van der Waals surface area contributed by atoms with E-state index < -0.39 is 0 Å². The third-order valence-electron chi connectivity index (χ3n) is 6.67. The first-order chi connectivity index (χ1) is 16.7. The molecule has 34 heavy (non-hydrogen) atoms. The Morgan fingerprint density at radius 2 is 1.97 bits per heavy atom. The van der Waals surface area contributed by atoms with Gasteiger partial charge in [0.25, 0.3) is 5.56 Å². The second-order valence-electron chi connectivity index (χ2n) is 8.94. The highest BCUT2D eigenvalue weighted by Gasteiger charge is 2.32. The van der Waals surface area contributed by atoms with Crippen LogP contribution in [-0.4, -0.2) is 71.5 Å². The molecule has 6 rings (SSSR count). The van der Waals surface area contributed by atoms with Crippen LogP contribution in [0.1, 0.15) is 17.2 Å². The van der Waals surface area contributed by atoms with Crippen LogP contribution >= 0.6 is 0 Å². The lowest BCUT2D eigenvalue weighted by Gasteiger charge is -2.34. The fourth-order valence-corrected chi connectivity index (χ4v) is 5.12. The molecule has 1 fully saturated rings. The Labute approximate surface area is 195 Å². The van der Waals surface area contributed by atoms with E-state index >= 15 is 0 Å². The van der Waals surface area contributed by atoms with Crippen molar-refractivity contribution in [3.63, 3.8) is 0 Å². The predicted octanol–water partition coefficient (Wildman–Crippen LogP) is 1.29. The van der Waals surface area contributed by atoms with Crippen LogP contribution in [0.3, 0.4) is 0 Å². The molecule has 3 aromatic rings. The summed E-state index contributed by atoms with van der Waals surface area (Å²) in [6.07, 6.45) is 2.98. The van der Waals surface area contributed by atoms with Crippen molar-refractivity contribution in [2.45, 2.75) is 25.1 Å². The third-order valence-corrected chi connectivity index (χ3v) is 6.67. The van der Waals surface area contributed by atoms with Crippen LogP contribution in [-0.2, 0) is 17.8 Å². The molecule has 1 unspecified atom stereocenters. The van der Waals surface area contributed by atoms with Crippen LogP contribution in [0.2, 0.25) is 0 Å². The molecule has 3 aliphatic heterocycles. The molecule has 0 amide bonds. The lowest BCUT2D eigenvalue weighted by atomic mass is 10.00. The first kappa shape index (κ1) is 21.5. The zero-order chi connectivity index (χ0) is 23.1. The Balaban J connectivity index is 1.07. The summed E-state index contributed by atoms with van der Waals surface area (Å²) in [6, 6.07) is 5.08. The van der Waals surface area contributed by atoms with Crippen molar-refractivity contribution in [3.8, 4) is 11.5 Å². The van der Waals surface area contributed by atoms with Gasteiger partial charge in [-0.05, 0) is 6.07 Å². The molecule has 2 atom stereocenters. The van der Waals surface area contributed by atoms with Gasteiger partial charge in [0, 0.05) is 62.9 Å². The monoisotopic (exact) mass is 467 g/mol. The van der Waals surface area contributed by atoms with E-state index in [1.807, 2.05) is 6.07 Å². The highest BCUT2D eigenvalue weighted by Crippen LogP contribution is 2.34. The van der Waals surface area contributed by atoms with E-state index in [0.29, 0.717) is 68.3 Å². The van der Waals surface area contributed by atoms with E-state index in [-0.39, 0.29) is 23.4 Å². The van der Waals surface area contributed by atoms with Gasteiger partial charge in [-0.15, -0.1) is 0 Å². The lowest BCUT2D eigenvalue weighted by Crippen LogP contribution is -2.47. The Kier molecular flexibility index (Phi) is 5.64. The smallest absolute Gasteiger partial charge is 0.251 e. The molecule has 0 bridgehead atoms. The molecule has 3 aromatic heterocycles. The zero-order valence-electron chi connectivity index (χ0n) is 18.7. The molecule has 0 spiro atoms. The second kappa shape index (κ2) is 8.94. The molecule has 0 aliphatic carbocycles. The van der Waals surface area contributed by atoms with Crippen molar-refractivity contribution in [2.24, 2.45) is 0 Å². The lowest BCUT2D eigenvalue weighted by molar-refractivity contribution is -0.0292. The number of halogens is 1. The molecule has 10 heteroatoms. The van der Waals surface area contributed by atoms with Crippen molar-refractivity contribution < 1.29 is 18.6 Å². The maximum atomic E-state index is 14.7. The molecule has 1 saturated heterocycles.